The van der Waals surface area contributed by atoms with Crippen LogP contribution in [-0.4, -0.2) is 4.98 Å². The Kier molecular flexibility index (Phi) is 4.37. The van der Waals surface area contributed by atoms with Crippen LogP contribution >= 0.6 is 11.3 Å². The molecule has 2 heterocycles. The van der Waals surface area contributed by atoms with Crippen molar-refractivity contribution in [3.05, 3.63) is 115 Å². The Bertz CT molecular complexity index is 1510. The summed E-state index contributed by atoms with van der Waals surface area (Å²) in [5.74, 6) is 0. The summed E-state index contributed by atoms with van der Waals surface area (Å²) in [4.78, 5) is 4.67. The topological polar surface area (TPSA) is 12.9 Å². The first kappa shape index (κ1) is 18.1. The van der Waals surface area contributed by atoms with Crippen LogP contribution in [-0.2, 0) is 0 Å². The van der Waals surface area contributed by atoms with Gasteiger partial charge in [-0.3, -0.25) is 4.98 Å². The van der Waals surface area contributed by atoms with Crippen molar-refractivity contribution in [2.75, 3.05) is 0 Å². The Hall–Kier alpha value is -3.75. The van der Waals surface area contributed by atoms with E-state index < -0.39 is 0 Å². The lowest BCUT2D eigenvalue weighted by Crippen LogP contribution is -1.91. The molecule has 1 nitrogen and oxygen atoms in total. The summed E-state index contributed by atoms with van der Waals surface area (Å²) in [5, 5.41) is 2.64. The van der Waals surface area contributed by atoms with Crippen LogP contribution in [0.15, 0.2) is 115 Å². The van der Waals surface area contributed by atoms with Gasteiger partial charge in [-0.25, -0.2) is 0 Å². The van der Waals surface area contributed by atoms with Crippen LogP contribution in [0.2, 0.25) is 0 Å². The van der Waals surface area contributed by atoms with Crippen LogP contribution in [0.1, 0.15) is 0 Å². The number of benzene rings is 4. The zero-order valence-electron chi connectivity index (χ0n) is 16.8. The van der Waals surface area contributed by atoms with Crippen LogP contribution in [0.25, 0.3) is 53.7 Å². The third-order valence-corrected chi connectivity index (χ3v) is 6.90. The summed E-state index contributed by atoms with van der Waals surface area (Å²) in [5.41, 5.74) is 7.12. The van der Waals surface area contributed by atoms with Gasteiger partial charge in [-0.05, 0) is 46.5 Å². The summed E-state index contributed by atoms with van der Waals surface area (Å²) in [6.07, 6.45) is 1.87. The maximum atomic E-state index is 4.67. The van der Waals surface area contributed by atoms with Crippen LogP contribution < -0.4 is 0 Å². The highest BCUT2D eigenvalue weighted by molar-refractivity contribution is 7.26. The molecular formula is C29H19NS. The second-order valence-electron chi connectivity index (χ2n) is 7.59. The predicted octanol–water partition coefficient (Wildman–Crippen LogP) is 8.45. The van der Waals surface area contributed by atoms with E-state index in [1.807, 2.05) is 23.6 Å². The van der Waals surface area contributed by atoms with Gasteiger partial charge in [-0.2, -0.15) is 0 Å². The summed E-state index contributed by atoms with van der Waals surface area (Å²) in [6.45, 7) is 0. The molecule has 0 aliphatic heterocycles. The predicted molar refractivity (Wildman–Crippen MR) is 133 cm³/mol. The number of aromatic nitrogens is 1. The summed E-state index contributed by atoms with van der Waals surface area (Å²) < 4.78 is 2.63. The molecule has 0 saturated carbocycles. The van der Waals surface area contributed by atoms with E-state index in [-0.39, 0.29) is 0 Å². The molecule has 146 valence electrons. The lowest BCUT2D eigenvalue weighted by Gasteiger charge is -2.16. The van der Waals surface area contributed by atoms with E-state index in [1.165, 1.54) is 42.4 Å². The maximum Gasteiger partial charge on any atom is 0.0708 e. The molecule has 2 heteroatoms. The molecule has 2 aromatic heterocycles. The van der Waals surface area contributed by atoms with Crippen LogP contribution in [0.3, 0.4) is 0 Å². The van der Waals surface area contributed by atoms with Crippen molar-refractivity contribution in [3.63, 3.8) is 0 Å². The van der Waals surface area contributed by atoms with Gasteiger partial charge in [0.2, 0.25) is 0 Å². The fourth-order valence-corrected chi connectivity index (χ4v) is 5.51. The fourth-order valence-electron chi connectivity index (χ4n) is 4.40. The SMILES string of the molecule is c1ccc(-c2ccc3sc4ccccc4c3c2-c2ccccc2-c2ccccn2)cc1. The molecule has 0 fully saturated rings. The number of fused-ring (bicyclic) bond motifs is 3. The van der Waals surface area contributed by atoms with E-state index >= 15 is 0 Å². The molecule has 0 bridgehead atoms. The average molecular weight is 414 g/mol. The smallest absolute Gasteiger partial charge is 0.0708 e. The van der Waals surface area contributed by atoms with Crippen LogP contribution in [0.4, 0.5) is 0 Å². The van der Waals surface area contributed by atoms with E-state index in [2.05, 4.69) is 108 Å². The third kappa shape index (κ3) is 3.04. The third-order valence-electron chi connectivity index (χ3n) is 5.77. The molecule has 4 aromatic carbocycles. The molecule has 0 unspecified atom stereocenters. The number of nitrogens with zero attached hydrogens (tertiary/aromatic N) is 1. The van der Waals surface area contributed by atoms with Crippen molar-refractivity contribution in [1.29, 1.82) is 0 Å². The molecule has 0 radical (unpaired) electrons. The lowest BCUT2D eigenvalue weighted by molar-refractivity contribution is 1.33. The molecule has 0 saturated heterocycles. The van der Waals surface area contributed by atoms with Crippen molar-refractivity contribution in [3.8, 4) is 33.5 Å². The molecular weight excluding hydrogens is 394 g/mol. The molecule has 0 aliphatic carbocycles. The van der Waals surface area contributed by atoms with Gasteiger partial charge in [0.25, 0.3) is 0 Å². The Labute approximate surface area is 185 Å². The summed E-state index contributed by atoms with van der Waals surface area (Å²) in [6, 6.07) is 38.7. The standard InChI is InChI=1S/C29H19NS/c1-2-10-20(11-3-1)21-17-18-27-29(24-14-6-7-16-26(24)31-27)28(21)23-13-5-4-12-22(23)25-15-8-9-19-30-25/h1-19H. The van der Waals surface area contributed by atoms with Gasteiger partial charge in [-0.15, -0.1) is 11.3 Å². The lowest BCUT2D eigenvalue weighted by atomic mass is 9.87. The fraction of sp³-hybridized carbons (Fsp3) is 0. The first-order chi connectivity index (χ1) is 15.4. The Morgan fingerprint density at radius 1 is 0.516 bits per heavy atom. The van der Waals surface area contributed by atoms with Gasteiger partial charge in [0.05, 0.1) is 5.69 Å². The minimum atomic E-state index is 0.994. The zero-order valence-corrected chi connectivity index (χ0v) is 17.6. The molecule has 0 N–H and O–H groups in total. The van der Waals surface area contributed by atoms with Gasteiger partial charge in [-0.1, -0.05) is 84.9 Å². The molecule has 6 rings (SSSR count). The van der Waals surface area contributed by atoms with Crippen molar-refractivity contribution < 1.29 is 0 Å². The van der Waals surface area contributed by atoms with E-state index in [9.17, 15) is 0 Å². The second-order valence-corrected chi connectivity index (χ2v) is 8.67. The first-order valence-electron chi connectivity index (χ1n) is 10.4. The molecule has 0 atom stereocenters. The number of hydrogen-bond donors (Lipinski definition) is 0. The molecule has 0 amide bonds. The summed E-state index contributed by atoms with van der Waals surface area (Å²) >= 11 is 1.86. The van der Waals surface area contributed by atoms with Crippen molar-refractivity contribution in [1.82, 2.24) is 4.98 Å². The molecule has 0 spiro atoms. The van der Waals surface area contributed by atoms with Gasteiger partial charge in [0, 0.05) is 31.9 Å². The van der Waals surface area contributed by atoms with Crippen LogP contribution in [0.5, 0.6) is 0 Å². The van der Waals surface area contributed by atoms with Crippen LogP contribution in [0, 0.1) is 0 Å². The Morgan fingerprint density at radius 2 is 1.26 bits per heavy atom. The Morgan fingerprint density at radius 3 is 2.10 bits per heavy atom. The normalized spacial score (nSPS) is 11.2. The largest absolute Gasteiger partial charge is 0.256 e. The van der Waals surface area contributed by atoms with Crippen molar-refractivity contribution in [2.24, 2.45) is 0 Å². The second kappa shape index (κ2) is 7.50. The van der Waals surface area contributed by atoms with Gasteiger partial charge in [0.1, 0.15) is 0 Å². The number of thiophene rings is 1. The monoisotopic (exact) mass is 413 g/mol. The maximum absolute atomic E-state index is 4.67. The van der Waals surface area contributed by atoms with Gasteiger partial charge >= 0.3 is 0 Å². The number of pyridine rings is 1. The minimum Gasteiger partial charge on any atom is -0.256 e. The quantitative estimate of drug-likeness (QED) is 0.283. The highest BCUT2D eigenvalue weighted by Crippen LogP contribution is 2.46. The minimum absolute atomic E-state index is 0.994. The van der Waals surface area contributed by atoms with E-state index in [1.54, 1.807) is 0 Å². The number of hydrogen-bond acceptors (Lipinski definition) is 2. The number of rotatable bonds is 3. The van der Waals surface area contributed by atoms with E-state index in [0.717, 1.165) is 11.3 Å². The summed E-state index contributed by atoms with van der Waals surface area (Å²) in [7, 11) is 0. The highest BCUT2D eigenvalue weighted by atomic mass is 32.1. The average Bonchev–Trinajstić information content (AvgIpc) is 3.23. The molecule has 31 heavy (non-hydrogen) atoms. The van der Waals surface area contributed by atoms with Gasteiger partial charge < -0.3 is 0 Å². The first-order valence-corrected chi connectivity index (χ1v) is 11.2. The van der Waals surface area contributed by atoms with Crippen molar-refractivity contribution in [2.45, 2.75) is 0 Å². The van der Waals surface area contributed by atoms with E-state index in [0.29, 0.717) is 0 Å². The molecule has 6 aromatic rings. The highest BCUT2D eigenvalue weighted by Gasteiger charge is 2.19. The Balaban J connectivity index is 1.78. The van der Waals surface area contributed by atoms with Crippen molar-refractivity contribution >= 4 is 31.5 Å². The van der Waals surface area contributed by atoms with Gasteiger partial charge in [0.15, 0.2) is 0 Å². The van der Waals surface area contributed by atoms with E-state index in [4.69, 9.17) is 0 Å². The zero-order chi connectivity index (χ0) is 20.6. The molecule has 0 aliphatic rings.